The number of carbonyl (C=O) groups excluding carboxylic acids is 3. The van der Waals surface area contributed by atoms with Gasteiger partial charge in [0.1, 0.15) is 5.70 Å². The number of amides is 3. The second-order valence-electron chi connectivity index (χ2n) is 8.61. The summed E-state index contributed by atoms with van der Waals surface area (Å²) in [5, 5.41) is 5.93. The second kappa shape index (κ2) is 9.35. The molecule has 0 fully saturated rings. The van der Waals surface area contributed by atoms with E-state index in [2.05, 4.69) is 10.6 Å². The minimum Gasteiger partial charge on any atom is -0.350 e. The largest absolute Gasteiger partial charge is 0.350 e. The number of carbonyl (C=O) groups is 3. The SMILES string of the molecule is CC(=O)Nc1ccc(C2=C(Nc3ccc(C)c(C)c3)C(=O)N(Cc3ccc(C)cc3)C2=O)cc1. The van der Waals surface area contributed by atoms with Crippen LogP contribution in [0.1, 0.15) is 34.7 Å². The van der Waals surface area contributed by atoms with Crippen molar-refractivity contribution in [1.29, 1.82) is 0 Å². The second-order valence-corrected chi connectivity index (χ2v) is 8.61. The summed E-state index contributed by atoms with van der Waals surface area (Å²) in [5.41, 5.74) is 6.72. The summed E-state index contributed by atoms with van der Waals surface area (Å²) in [6, 6.07) is 20.5. The van der Waals surface area contributed by atoms with Crippen molar-refractivity contribution in [3.8, 4) is 0 Å². The van der Waals surface area contributed by atoms with E-state index in [1.54, 1.807) is 24.3 Å². The molecule has 0 aromatic heterocycles. The lowest BCUT2D eigenvalue weighted by Gasteiger charge is -2.16. The van der Waals surface area contributed by atoms with Gasteiger partial charge in [-0.05, 0) is 67.3 Å². The Morgan fingerprint density at radius 3 is 2.06 bits per heavy atom. The molecule has 3 amide bonds. The van der Waals surface area contributed by atoms with E-state index in [0.29, 0.717) is 16.8 Å². The lowest BCUT2D eigenvalue weighted by Crippen LogP contribution is -2.32. The van der Waals surface area contributed by atoms with Crippen LogP contribution in [0.2, 0.25) is 0 Å². The molecule has 6 heteroatoms. The maximum atomic E-state index is 13.5. The third kappa shape index (κ3) is 4.76. The van der Waals surface area contributed by atoms with Crippen molar-refractivity contribution in [1.82, 2.24) is 4.90 Å². The number of nitrogens with zero attached hydrogens (tertiary/aromatic N) is 1. The first kappa shape index (κ1) is 23.0. The van der Waals surface area contributed by atoms with Gasteiger partial charge < -0.3 is 10.6 Å². The van der Waals surface area contributed by atoms with E-state index < -0.39 is 0 Å². The Labute approximate surface area is 199 Å². The van der Waals surface area contributed by atoms with Gasteiger partial charge in [0.15, 0.2) is 0 Å². The van der Waals surface area contributed by atoms with Crippen molar-refractivity contribution >= 4 is 34.7 Å². The molecule has 0 saturated heterocycles. The van der Waals surface area contributed by atoms with Crippen LogP contribution in [0.3, 0.4) is 0 Å². The Kier molecular flexibility index (Phi) is 6.32. The van der Waals surface area contributed by atoms with Crippen molar-refractivity contribution in [3.63, 3.8) is 0 Å². The van der Waals surface area contributed by atoms with E-state index in [1.807, 2.05) is 63.2 Å². The minimum atomic E-state index is -0.371. The fraction of sp³-hybridized carbons (Fsp3) is 0.179. The van der Waals surface area contributed by atoms with Gasteiger partial charge >= 0.3 is 0 Å². The predicted molar refractivity (Wildman–Crippen MR) is 134 cm³/mol. The van der Waals surface area contributed by atoms with Crippen molar-refractivity contribution < 1.29 is 14.4 Å². The number of hydrogen-bond donors (Lipinski definition) is 2. The number of hydrogen-bond acceptors (Lipinski definition) is 4. The smallest absolute Gasteiger partial charge is 0.278 e. The predicted octanol–water partition coefficient (Wildman–Crippen LogP) is 4.96. The molecule has 0 spiro atoms. The first-order valence-electron chi connectivity index (χ1n) is 11.1. The van der Waals surface area contributed by atoms with Gasteiger partial charge in [0.05, 0.1) is 12.1 Å². The third-order valence-electron chi connectivity index (χ3n) is 5.90. The normalized spacial score (nSPS) is 13.5. The number of benzene rings is 3. The number of aryl methyl sites for hydroxylation is 3. The highest BCUT2D eigenvalue weighted by Crippen LogP contribution is 2.32. The fourth-order valence-corrected chi connectivity index (χ4v) is 3.87. The third-order valence-corrected chi connectivity index (χ3v) is 5.90. The van der Waals surface area contributed by atoms with Gasteiger partial charge in [-0.25, -0.2) is 0 Å². The van der Waals surface area contributed by atoms with Gasteiger partial charge in [0.25, 0.3) is 11.8 Å². The minimum absolute atomic E-state index is 0.180. The average molecular weight is 454 g/mol. The number of imide groups is 1. The van der Waals surface area contributed by atoms with E-state index in [4.69, 9.17) is 0 Å². The van der Waals surface area contributed by atoms with Gasteiger partial charge in [0.2, 0.25) is 5.91 Å². The van der Waals surface area contributed by atoms with Crippen LogP contribution in [0, 0.1) is 20.8 Å². The lowest BCUT2D eigenvalue weighted by atomic mass is 10.0. The zero-order valence-corrected chi connectivity index (χ0v) is 19.7. The Bertz CT molecular complexity index is 1310. The van der Waals surface area contributed by atoms with Crippen molar-refractivity contribution in [3.05, 3.63) is 100 Å². The number of rotatable bonds is 6. The van der Waals surface area contributed by atoms with E-state index in [1.165, 1.54) is 11.8 Å². The molecule has 0 aliphatic carbocycles. The number of nitrogens with one attached hydrogen (secondary N) is 2. The monoisotopic (exact) mass is 453 g/mol. The molecule has 6 nitrogen and oxygen atoms in total. The summed E-state index contributed by atoms with van der Waals surface area (Å²) >= 11 is 0. The van der Waals surface area contributed by atoms with Gasteiger partial charge in [-0.2, -0.15) is 0 Å². The van der Waals surface area contributed by atoms with E-state index in [-0.39, 0.29) is 30.0 Å². The fourth-order valence-electron chi connectivity index (χ4n) is 3.87. The molecule has 172 valence electrons. The van der Waals surface area contributed by atoms with Crippen LogP contribution < -0.4 is 10.6 Å². The van der Waals surface area contributed by atoms with E-state index in [0.717, 1.165) is 27.9 Å². The molecule has 3 aromatic rings. The Morgan fingerprint density at radius 1 is 0.794 bits per heavy atom. The zero-order chi connectivity index (χ0) is 24.4. The standard InChI is InChI=1S/C28H27N3O3/c1-17-5-8-21(9-6-17)16-31-27(33)25(22-10-13-23(14-11-22)29-20(4)32)26(28(31)34)30-24-12-7-18(2)19(3)15-24/h5-15,30H,16H2,1-4H3,(H,29,32). The summed E-state index contributed by atoms with van der Waals surface area (Å²) in [7, 11) is 0. The van der Waals surface area contributed by atoms with Gasteiger partial charge in [-0.3, -0.25) is 19.3 Å². The summed E-state index contributed by atoms with van der Waals surface area (Å²) in [6.07, 6.45) is 0. The van der Waals surface area contributed by atoms with Crippen LogP contribution in [0.15, 0.2) is 72.4 Å². The Balaban J connectivity index is 1.72. The van der Waals surface area contributed by atoms with Crippen LogP contribution in [0.25, 0.3) is 5.57 Å². The molecule has 0 saturated carbocycles. The van der Waals surface area contributed by atoms with Crippen LogP contribution in [0.4, 0.5) is 11.4 Å². The molecule has 2 N–H and O–H groups in total. The Morgan fingerprint density at radius 2 is 1.44 bits per heavy atom. The van der Waals surface area contributed by atoms with Crippen LogP contribution in [0.5, 0.6) is 0 Å². The maximum Gasteiger partial charge on any atom is 0.278 e. The van der Waals surface area contributed by atoms with E-state index in [9.17, 15) is 14.4 Å². The quantitative estimate of drug-likeness (QED) is 0.517. The molecule has 0 bridgehead atoms. The molecule has 1 heterocycles. The van der Waals surface area contributed by atoms with Crippen molar-refractivity contribution in [2.75, 3.05) is 10.6 Å². The zero-order valence-electron chi connectivity index (χ0n) is 19.7. The number of anilines is 2. The molecule has 3 aromatic carbocycles. The first-order chi connectivity index (χ1) is 16.2. The van der Waals surface area contributed by atoms with Crippen molar-refractivity contribution in [2.45, 2.75) is 34.2 Å². The molecule has 4 rings (SSSR count). The summed E-state index contributed by atoms with van der Waals surface area (Å²) < 4.78 is 0. The summed E-state index contributed by atoms with van der Waals surface area (Å²) in [5.74, 6) is -0.908. The Hall–Kier alpha value is -4.19. The summed E-state index contributed by atoms with van der Waals surface area (Å²) in [6.45, 7) is 7.63. The highest BCUT2D eigenvalue weighted by molar-refractivity contribution is 6.36. The molecule has 0 radical (unpaired) electrons. The first-order valence-corrected chi connectivity index (χ1v) is 11.1. The molecule has 34 heavy (non-hydrogen) atoms. The highest BCUT2D eigenvalue weighted by Gasteiger charge is 2.39. The van der Waals surface area contributed by atoms with Crippen LogP contribution in [-0.4, -0.2) is 22.6 Å². The molecule has 1 aliphatic heterocycles. The van der Waals surface area contributed by atoms with Gasteiger partial charge in [-0.15, -0.1) is 0 Å². The molecule has 0 unspecified atom stereocenters. The van der Waals surface area contributed by atoms with E-state index >= 15 is 0 Å². The topological polar surface area (TPSA) is 78.5 Å². The summed E-state index contributed by atoms with van der Waals surface area (Å²) in [4.78, 5) is 39.6. The van der Waals surface area contributed by atoms with Crippen molar-refractivity contribution in [2.24, 2.45) is 0 Å². The molecular weight excluding hydrogens is 426 g/mol. The van der Waals surface area contributed by atoms with Crippen LogP contribution >= 0.6 is 0 Å². The highest BCUT2D eigenvalue weighted by atomic mass is 16.2. The molecule has 0 atom stereocenters. The maximum absolute atomic E-state index is 13.5. The molecule has 1 aliphatic rings. The van der Waals surface area contributed by atoms with Gasteiger partial charge in [-0.1, -0.05) is 48.0 Å². The lowest BCUT2D eigenvalue weighted by molar-refractivity contribution is -0.137. The van der Waals surface area contributed by atoms with Crippen LogP contribution in [-0.2, 0) is 20.9 Å². The average Bonchev–Trinajstić information content (AvgIpc) is 3.02. The van der Waals surface area contributed by atoms with Gasteiger partial charge in [0, 0.05) is 18.3 Å². The molecular formula is C28H27N3O3.